The van der Waals surface area contributed by atoms with E-state index in [0.29, 0.717) is 16.9 Å². The zero-order valence-electron chi connectivity index (χ0n) is 12.5. The predicted molar refractivity (Wildman–Crippen MR) is 90.2 cm³/mol. The maximum atomic E-state index is 10.7. The lowest BCUT2D eigenvalue weighted by Crippen LogP contribution is -2.37. The van der Waals surface area contributed by atoms with E-state index >= 15 is 0 Å². The standard InChI is InChI=1S/C16H24O2S2/c1-4-15-16(20-8-7-19-15)13(17)10-12-9-11(2)5-6-14(12)18-3/h5-6,9,13,15-17H,4,7-8,10H2,1-3H3. The molecule has 1 aromatic carbocycles. The van der Waals surface area contributed by atoms with Crippen molar-refractivity contribution in [3.8, 4) is 5.75 Å². The number of rotatable bonds is 5. The topological polar surface area (TPSA) is 29.5 Å². The summed E-state index contributed by atoms with van der Waals surface area (Å²) in [5.41, 5.74) is 2.33. The summed E-state index contributed by atoms with van der Waals surface area (Å²) in [4.78, 5) is 0. The van der Waals surface area contributed by atoms with E-state index in [2.05, 4.69) is 26.0 Å². The zero-order chi connectivity index (χ0) is 14.5. The van der Waals surface area contributed by atoms with Gasteiger partial charge in [0.15, 0.2) is 0 Å². The molecule has 0 bridgehead atoms. The first-order chi connectivity index (χ1) is 9.65. The number of aryl methyl sites for hydroxylation is 1. The fraction of sp³-hybridized carbons (Fsp3) is 0.625. The number of hydrogen-bond acceptors (Lipinski definition) is 4. The van der Waals surface area contributed by atoms with E-state index in [9.17, 15) is 5.11 Å². The van der Waals surface area contributed by atoms with Gasteiger partial charge in [0.25, 0.3) is 0 Å². The Balaban J connectivity index is 2.10. The van der Waals surface area contributed by atoms with Crippen molar-refractivity contribution < 1.29 is 9.84 Å². The zero-order valence-corrected chi connectivity index (χ0v) is 14.1. The summed E-state index contributed by atoms with van der Waals surface area (Å²) in [6.07, 6.45) is 1.51. The van der Waals surface area contributed by atoms with Crippen LogP contribution in [0, 0.1) is 6.92 Å². The highest BCUT2D eigenvalue weighted by atomic mass is 32.2. The summed E-state index contributed by atoms with van der Waals surface area (Å²) in [7, 11) is 1.70. The van der Waals surface area contributed by atoms with Gasteiger partial charge in [-0.05, 0) is 25.0 Å². The molecule has 2 nitrogen and oxygen atoms in total. The first kappa shape index (κ1) is 16.1. The second-order valence-corrected chi connectivity index (χ2v) is 7.87. The van der Waals surface area contributed by atoms with Gasteiger partial charge < -0.3 is 9.84 Å². The van der Waals surface area contributed by atoms with Gasteiger partial charge in [-0.15, -0.1) is 0 Å². The molecule has 0 saturated carbocycles. The van der Waals surface area contributed by atoms with Gasteiger partial charge in [-0.1, -0.05) is 24.6 Å². The van der Waals surface area contributed by atoms with E-state index < -0.39 is 0 Å². The quantitative estimate of drug-likeness (QED) is 0.900. The fourth-order valence-corrected chi connectivity index (χ4v) is 5.85. The first-order valence-electron chi connectivity index (χ1n) is 7.20. The molecular weight excluding hydrogens is 288 g/mol. The van der Waals surface area contributed by atoms with Crippen LogP contribution in [0.2, 0.25) is 0 Å². The second kappa shape index (κ2) is 7.62. The number of thioether (sulfide) groups is 2. The van der Waals surface area contributed by atoms with Crippen molar-refractivity contribution in [1.82, 2.24) is 0 Å². The van der Waals surface area contributed by atoms with E-state index in [0.717, 1.165) is 23.5 Å². The molecule has 2 rings (SSSR count). The number of hydrogen-bond donors (Lipinski definition) is 1. The van der Waals surface area contributed by atoms with Gasteiger partial charge in [0, 0.05) is 28.4 Å². The lowest BCUT2D eigenvalue weighted by Gasteiger charge is -2.33. The lowest BCUT2D eigenvalue weighted by molar-refractivity contribution is 0.168. The van der Waals surface area contributed by atoms with Crippen molar-refractivity contribution in [2.75, 3.05) is 18.6 Å². The summed E-state index contributed by atoms with van der Waals surface area (Å²) in [6.45, 7) is 4.30. The van der Waals surface area contributed by atoms with Crippen LogP contribution in [0.15, 0.2) is 18.2 Å². The number of benzene rings is 1. The van der Waals surface area contributed by atoms with E-state index in [1.807, 2.05) is 29.6 Å². The summed E-state index contributed by atoms with van der Waals surface area (Å²) in [6, 6.07) is 6.18. The highest BCUT2D eigenvalue weighted by Crippen LogP contribution is 2.36. The minimum Gasteiger partial charge on any atom is -0.496 e. The number of methoxy groups -OCH3 is 1. The molecule has 0 radical (unpaired) electrons. The molecule has 0 amide bonds. The third-order valence-corrected chi connectivity index (χ3v) is 7.13. The molecule has 1 fully saturated rings. The molecule has 0 spiro atoms. The van der Waals surface area contributed by atoms with Crippen LogP contribution in [0.1, 0.15) is 24.5 Å². The van der Waals surface area contributed by atoms with Gasteiger partial charge >= 0.3 is 0 Å². The van der Waals surface area contributed by atoms with Crippen LogP contribution in [0.3, 0.4) is 0 Å². The Kier molecular flexibility index (Phi) is 6.12. The smallest absolute Gasteiger partial charge is 0.122 e. The largest absolute Gasteiger partial charge is 0.496 e. The van der Waals surface area contributed by atoms with E-state index in [-0.39, 0.29) is 6.10 Å². The van der Waals surface area contributed by atoms with Crippen LogP contribution in [0.4, 0.5) is 0 Å². The average molecular weight is 313 g/mol. The lowest BCUT2D eigenvalue weighted by atomic mass is 10.0. The van der Waals surface area contributed by atoms with Crippen molar-refractivity contribution in [1.29, 1.82) is 0 Å². The molecule has 1 heterocycles. The van der Waals surface area contributed by atoms with E-state index in [1.165, 1.54) is 11.3 Å². The molecule has 112 valence electrons. The molecule has 4 heteroatoms. The van der Waals surface area contributed by atoms with Crippen molar-refractivity contribution in [2.24, 2.45) is 0 Å². The monoisotopic (exact) mass is 312 g/mol. The maximum absolute atomic E-state index is 10.7. The van der Waals surface area contributed by atoms with Crippen LogP contribution in [0.25, 0.3) is 0 Å². The Morgan fingerprint density at radius 3 is 2.80 bits per heavy atom. The van der Waals surface area contributed by atoms with Gasteiger partial charge in [0.2, 0.25) is 0 Å². The first-order valence-corrected chi connectivity index (χ1v) is 9.30. The SMILES string of the molecule is CCC1SCCSC1C(O)Cc1cc(C)ccc1OC. The molecule has 0 aliphatic carbocycles. The summed E-state index contributed by atoms with van der Waals surface area (Å²) in [5, 5.41) is 11.6. The van der Waals surface area contributed by atoms with Crippen LogP contribution < -0.4 is 4.74 Å². The Bertz CT molecular complexity index is 436. The molecule has 1 saturated heterocycles. The minimum atomic E-state index is -0.298. The van der Waals surface area contributed by atoms with Crippen molar-refractivity contribution in [3.63, 3.8) is 0 Å². The molecule has 0 aromatic heterocycles. The average Bonchev–Trinajstić information content (AvgIpc) is 2.47. The number of aliphatic hydroxyl groups is 1. The third kappa shape index (κ3) is 3.86. The Morgan fingerprint density at radius 1 is 1.35 bits per heavy atom. The van der Waals surface area contributed by atoms with Crippen molar-refractivity contribution in [3.05, 3.63) is 29.3 Å². The van der Waals surface area contributed by atoms with E-state index in [4.69, 9.17) is 4.74 Å². The Morgan fingerprint density at radius 2 is 2.10 bits per heavy atom. The Labute approximate surface area is 130 Å². The molecule has 1 N–H and O–H groups in total. The number of aliphatic hydroxyl groups excluding tert-OH is 1. The highest BCUT2D eigenvalue weighted by Gasteiger charge is 2.31. The minimum absolute atomic E-state index is 0.298. The maximum Gasteiger partial charge on any atom is 0.122 e. The van der Waals surface area contributed by atoms with Crippen molar-refractivity contribution in [2.45, 2.75) is 43.3 Å². The number of ether oxygens (including phenoxy) is 1. The van der Waals surface area contributed by atoms with Gasteiger partial charge in [-0.25, -0.2) is 0 Å². The molecule has 3 atom stereocenters. The fourth-order valence-electron chi connectivity index (χ4n) is 2.70. The normalized spacial score (nSPS) is 24.4. The molecule has 1 aliphatic rings. The third-order valence-electron chi connectivity index (χ3n) is 3.74. The van der Waals surface area contributed by atoms with Gasteiger partial charge in [-0.3, -0.25) is 0 Å². The van der Waals surface area contributed by atoms with Crippen LogP contribution in [-0.2, 0) is 6.42 Å². The van der Waals surface area contributed by atoms with Crippen LogP contribution in [0.5, 0.6) is 5.75 Å². The predicted octanol–water partition coefficient (Wildman–Crippen LogP) is 3.53. The Hall–Kier alpha value is -0.320. The second-order valence-electron chi connectivity index (χ2n) is 5.24. The summed E-state index contributed by atoms with van der Waals surface area (Å²) < 4.78 is 5.42. The summed E-state index contributed by atoms with van der Waals surface area (Å²) >= 11 is 3.94. The molecule has 3 unspecified atom stereocenters. The summed E-state index contributed by atoms with van der Waals surface area (Å²) in [5.74, 6) is 3.24. The van der Waals surface area contributed by atoms with Crippen LogP contribution in [-0.4, -0.2) is 40.3 Å². The van der Waals surface area contributed by atoms with Gasteiger partial charge in [0.1, 0.15) is 5.75 Å². The van der Waals surface area contributed by atoms with Gasteiger partial charge in [0.05, 0.1) is 13.2 Å². The van der Waals surface area contributed by atoms with Gasteiger partial charge in [-0.2, -0.15) is 23.5 Å². The molecule has 1 aliphatic heterocycles. The van der Waals surface area contributed by atoms with Crippen molar-refractivity contribution >= 4 is 23.5 Å². The molecule has 20 heavy (non-hydrogen) atoms. The highest BCUT2D eigenvalue weighted by molar-refractivity contribution is 8.07. The van der Waals surface area contributed by atoms with Crippen LogP contribution >= 0.6 is 23.5 Å². The molecule has 1 aromatic rings. The molecular formula is C16H24O2S2. The van der Waals surface area contributed by atoms with E-state index in [1.54, 1.807) is 7.11 Å².